The van der Waals surface area contributed by atoms with Gasteiger partial charge in [0.25, 0.3) is 5.91 Å². The Morgan fingerprint density at radius 2 is 2.32 bits per heavy atom. The van der Waals surface area contributed by atoms with Crippen molar-refractivity contribution in [3.63, 3.8) is 0 Å². The number of nitrogens with zero attached hydrogens (tertiary/aromatic N) is 1. The lowest BCUT2D eigenvalue weighted by Crippen LogP contribution is -2.26. The van der Waals surface area contributed by atoms with Gasteiger partial charge >= 0.3 is 0 Å². The van der Waals surface area contributed by atoms with E-state index in [1.807, 2.05) is 12.3 Å². The average Bonchev–Trinajstić information content (AvgIpc) is 2.78. The molecule has 0 radical (unpaired) electrons. The normalized spacial score (nSPS) is 10.5. The van der Waals surface area contributed by atoms with Crippen molar-refractivity contribution in [1.82, 2.24) is 10.3 Å². The minimum absolute atomic E-state index is 0.168. The monoisotopic (exact) mass is 358 g/mol. The molecule has 2 rings (SSSR count). The Morgan fingerprint density at radius 1 is 1.53 bits per heavy atom. The van der Waals surface area contributed by atoms with Crippen molar-refractivity contribution < 1.29 is 4.79 Å². The molecule has 0 aliphatic carbocycles. The first kappa shape index (κ1) is 14.5. The van der Waals surface area contributed by atoms with Gasteiger partial charge < -0.3 is 5.32 Å². The van der Waals surface area contributed by atoms with E-state index in [1.165, 1.54) is 0 Å². The number of amides is 1. The predicted molar refractivity (Wildman–Crippen MR) is 82.0 cm³/mol. The highest BCUT2D eigenvalue weighted by atomic mass is 79.9. The molecule has 1 N–H and O–H groups in total. The summed E-state index contributed by atoms with van der Waals surface area (Å²) < 4.78 is 0.831. The van der Waals surface area contributed by atoms with Gasteiger partial charge in [-0.05, 0) is 25.1 Å². The van der Waals surface area contributed by atoms with Gasteiger partial charge in [0.1, 0.15) is 0 Å². The zero-order valence-electron chi connectivity index (χ0n) is 10.2. The number of aromatic nitrogens is 1. The first-order valence-corrected chi connectivity index (χ1v) is 7.75. The molecular weight excluding hydrogens is 348 g/mol. The molecule has 0 bridgehead atoms. The molecule has 0 aliphatic rings. The standard InChI is InChI=1S/C13H12BrClN2OS/c1-8-17-10(7-19-8)4-5-16-13(18)11-6-9(14)2-3-12(11)15/h2-3,6-7H,4-5H2,1H3,(H,16,18). The van der Waals surface area contributed by atoms with Crippen molar-refractivity contribution in [1.29, 1.82) is 0 Å². The molecule has 2 aromatic rings. The number of halogens is 2. The van der Waals surface area contributed by atoms with Crippen LogP contribution in [0.1, 0.15) is 21.1 Å². The molecule has 100 valence electrons. The number of carbonyl (C=O) groups excluding carboxylic acids is 1. The number of rotatable bonds is 4. The largest absolute Gasteiger partial charge is 0.352 e. The van der Waals surface area contributed by atoms with E-state index in [0.29, 0.717) is 17.1 Å². The van der Waals surface area contributed by atoms with E-state index in [4.69, 9.17) is 11.6 Å². The minimum Gasteiger partial charge on any atom is -0.352 e. The van der Waals surface area contributed by atoms with Crippen LogP contribution in [0.5, 0.6) is 0 Å². The second-order valence-corrected chi connectivity index (χ2v) is 6.37. The van der Waals surface area contributed by atoms with Gasteiger partial charge in [-0.25, -0.2) is 4.98 Å². The van der Waals surface area contributed by atoms with Crippen LogP contribution in [-0.4, -0.2) is 17.4 Å². The highest BCUT2D eigenvalue weighted by Crippen LogP contribution is 2.20. The van der Waals surface area contributed by atoms with Crippen LogP contribution < -0.4 is 5.32 Å². The summed E-state index contributed by atoms with van der Waals surface area (Å²) in [6, 6.07) is 5.21. The van der Waals surface area contributed by atoms with Gasteiger partial charge in [-0.2, -0.15) is 0 Å². The molecule has 0 saturated carbocycles. The van der Waals surface area contributed by atoms with E-state index in [0.717, 1.165) is 21.6 Å². The van der Waals surface area contributed by atoms with Gasteiger partial charge in [0.15, 0.2) is 0 Å². The second-order valence-electron chi connectivity index (χ2n) is 3.99. The van der Waals surface area contributed by atoms with Crippen LogP contribution in [0.25, 0.3) is 0 Å². The van der Waals surface area contributed by atoms with Gasteiger partial charge in [-0.3, -0.25) is 4.79 Å². The fourth-order valence-corrected chi connectivity index (χ4v) is 2.81. The number of benzene rings is 1. The SMILES string of the molecule is Cc1nc(CCNC(=O)c2cc(Br)ccc2Cl)cs1. The Balaban J connectivity index is 1.92. The molecule has 1 aromatic carbocycles. The van der Waals surface area contributed by atoms with E-state index >= 15 is 0 Å². The maximum absolute atomic E-state index is 12.0. The molecule has 1 aromatic heterocycles. The van der Waals surface area contributed by atoms with Crippen molar-refractivity contribution in [2.45, 2.75) is 13.3 Å². The second kappa shape index (κ2) is 6.50. The van der Waals surface area contributed by atoms with Crippen molar-refractivity contribution in [2.75, 3.05) is 6.54 Å². The lowest BCUT2D eigenvalue weighted by atomic mass is 10.2. The maximum atomic E-state index is 12.0. The van der Waals surface area contributed by atoms with Crippen molar-refractivity contribution in [2.24, 2.45) is 0 Å². The van der Waals surface area contributed by atoms with Crippen LogP contribution in [0.4, 0.5) is 0 Å². The summed E-state index contributed by atoms with van der Waals surface area (Å²) in [7, 11) is 0. The number of aryl methyl sites for hydroxylation is 1. The maximum Gasteiger partial charge on any atom is 0.252 e. The van der Waals surface area contributed by atoms with Crippen LogP contribution in [0.3, 0.4) is 0 Å². The molecule has 6 heteroatoms. The Kier molecular flexibility index (Phi) is 4.96. The summed E-state index contributed by atoms with van der Waals surface area (Å²) in [5.41, 5.74) is 1.48. The van der Waals surface area contributed by atoms with E-state index in [1.54, 1.807) is 29.5 Å². The van der Waals surface area contributed by atoms with Crippen LogP contribution in [-0.2, 0) is 6.42 Å². The number of nitrogens with one attached hydrogen (secondary N) is 1. The topological polar surface area (TPSA) is 42.0 Å². The molecular formula is C13H12BrClN2OS. The van der Waals surface area contributed by atoms with E-state index < -0.39 is 0 Å². The highest BCUT2D eigenvalue weighted by Gasteiger charge is 2.10. The average molecular weight is 360 g/mol. The van der Waals surface area contributed by atoms with Gasteiger partial charge in [0, 0.05) is 22.8 Å². The molecule has 0 unspecified atom stereocenters. The Morgan fingerprint density at radius 3 is 3.00 bits per heavy atom. The quantitative estimate of drug-likeness (QED) is 0.901. The van der Waals surface area contributed by atoms with Crippen LogP contribution in [0.15, 0.2) is 28.1 Å². The summed E-state index contributed by atoms with van der Waals surface area (Å²) in [4.78, 5) is 16.3. The summed E-state index contributed by atoms with van der Waals surface area (Å²) >= 11 is 10.9. The van der Waals surface area contributed by atoms with Crippen LogP contribution in [0, 0.1) is 6.92 Å². The van der Waals surface area contributed by atoms with Gasteiger partial charge in [-0.15, -0.1) is 11.3 Å². The minimum atomic E-state index is -0.168. The molecule has 1 heterocycles. The van der Waals surface area contributed by atoms with E-state index in [2.05, 4.69) is 26.2 Å². The number of thiazole rings is 1. The van der Waals surface area contributed by atoms with Crippen LogP contribution in [0.2, 0.25) is 5.02 Å². The molecule has 3 nitrogen and oxygen atoms in total. The first-order valence-electron chi connectivity index (χ1n) is 5.70. The zero-order chi connectivity index (χ0) is 13.8. The van der Waals surface area contributed by atoms with Crippen molar-refractivity contribution >= 4 is 44.8 Å². The predicted octanol–water partition coefficient (Wildman–Crippen LogP) is 3.84. The third kappa shape index (κ3) is 4.03. The molecule has 19 heavy (non-hydrogen) atoms. The van der Waals surface area contributed by atoms with E-state index in [-0.39, 0.29) is 5.91 Å². The third-order valence-electron chi connectivity index (χ3n) is 2.51. The van der Waals surface area contributed by atoms with Gasteiger partial charge in [-0.1, -0.05) is 27.5 Å². The molecule has 0 spiro atoms. The van der Waals surface area contributed by atoms with Crippen molar-refractivity contribution in [3.05, 3.63) is 49.3 Å². The Hall–Kier alpha value is -0.910. The van der Waals surface area contributed by atoms with Gasteiger partial charge in [0.05, 0.1) is 21.3 Å². The van der Waals surface area contributed by atoms with Gasteiger partial charge in [0.2, 0.25) is 0 Å². The first-order chi connectivity index (χ1) is 9.06. The Bertz CT molecular complexity index is 600. The molecule has 0 atom stereocenters. The summed E-state index contributed by atoms with van der Waals surface area (Å²) in [5.74, 6) is -0.168. The fraction of sp³-hybridized carbons (Fsp3) is 0.231. The smallest absolute Gasteiger partial charge is 0.252 e. The summed E-state index contributed by atoms with van der Waals surface area (Å²) in [6.45, 7) is 2.51. The zero-order valence-corrected chi connectivity index (χ0v) is 13.4. The fourth-order valence-electron chi connectivity index (χ4n) is 1.59. The molecule has 0 saturated heterocycles. The lowest BCUT2D eigenvalue weighted by Gasteiger charge is -2.06. The summed E-state index contributed by atoms with van der Waals surface area (Å²) in [5, 5.41) is 6.34. The van der Waals surface area contributed by atoms with Crippen molar-refractivity contribution in [3.8, 4) is 0 Å². The number of carbonyl (C=O) groups is 1. The lowest BCUT2D eigenvalue weighted by molar-refractivity contribution is 0.0954. The number of hydrogen-bond acceptors (Lipinski definition) is 3. The summed E-state index contributed by atoms with van der Waals surface area (Å²) in [6.07, 6.45) is 0.724. The van der Waals surface area contributed by atoms with E-state index in [9.17, 15) is 4.79 Å². The molecule has 0 aliphatic heterocycles. The Labute approximate surface area is 129 Å². The number of hydrogen-bond donors (Lipinski definition) is 1. The van der Waals surface area contributed by atoms with Crippen LogP contribution >= 0.6 is 38.9 Å². The third-order valence-corrected chi connectivity index (χ3v) is 4.15. The molecule has 0 fully saturated rings. The highest BCUT2D eigenvalue weighted by molar-refractivity contribution is 9.10. The molecule has 1 amide bonds.